The van der Waals surface area contributed by atoms with Crippen LogP contribution < -0.4 is 0 Å². The molecule has 100 valence electrons. The monoisotopic (exact) mass is 258 g/mol. The summed E-state index contributed by atoms with van der Waals surface area (Å²) >= 11 is 0. The van der Waals surface area contributed by atoms with Crippen LogP contribution in [0, 0.1) is 12.3 Å². The number of aliphatic hydroxyl groups excluding tert-OH is 1. The number of hydrogen-bond donors (Lipinski definition) is 1. The second-order valence-electron chi connectivity index (χ2n) is 5.83. The number of rotatable bonds is 2. The molecule has 1 saturated carbocycles. The van der Waals surface area contributed by atoms with E-state index in [1.54, 1.807) is 6.07 Å². The lowest BCUT2D eigenvalue weighted by atomic mass is 9.87. The Kier molecular flexibility index (Phi) is 2.78. The first-order valence-corrected chi connectivity index (χ1v) is 5.93. The third-order valence-electron chi connectivity index (χ3n) is 4.28. The fourth-order valence-corrected chi connectivity index (χ4v) is 2.79. The zero-order chi connectivity index (χ0) is 13.8. The van der Waals surface area contributed by atoms with Crippen LogP contribution >= 0.6 is 0 Å². The molecule has 0 heterocycles. The molecular formula is C14H17F3O. The van der Waals surface area contributed by atoms with Gasteiger partial charge in [-0.15, -0.1) is 0 Å². The van der Waals surface area contributed by atoms with Crippen LogP contribution in [0.15, 0.2) is 18.2 Å². The van der Waals surface area contributed by atoms with Crippen molar-refractivity contribution in [2.75, 3.05) is 6.61 Å². The fourth-order valence-electron chi connectivity index (χ4n) is 2.79. The molecule has 0 radical (unpaired) electrons. The van der Waals surface area contributed by atoms with Crippen molar-refractivity contribution >= 4 is 0 Å². The molecule has 1 nitrogen and oxygen atoms in total. The van der Waals surface area contributed by atoms with Crippen molar-refractivity contribution in [2.24, 2.45) is 5.41 Å². The van der Waals surface area contributed by atoms with Crippen LogP contribution in [-0.2, 0) is 11.6 Å². The van der Waals surface area contributed by atoms with E-state index in [1.165, 1.54) is 19.1 Å². The lowest BCUT2D eigenvalue weighted by molar-refractivity contribution is -0.138. The number of aliphatic hydroxyl groups is 1. The molecule has 0 aliphatic heterocycles. The smallest absolute Gasteiger partial charge is 0.395 e. The molecule has 1 atom stereocenters. The molecule has 1 fully saturated rings. The van der Waals surface area contributed by atoms with Crippen LogP contribution in [0.2, 0.25) is 0 Å². The van der Waals surface area contributed by atoms with E-state index in [0.717, 1.165) is 6.42 Å². The van der Waals surface area contributed by atoms with Gasteiger partial charge in [-0.25, -0.2) is 0 Å². The van der Waals surface area contributed by atoms with Crippen molar-refractivity contribution in [2.45, 2.75) is 38.8 Å². The predicted octanol–water partition coefficient (Wildman–Crippen LogP) is 3.67. The molecule has 1 aromatic carbocycles. The maximum Gasteiger partial charge on any atom is 0.416 e. The number of hydrogen-bond acceptors (Lipinski definition) is 1. The molecule has 0 spiro atoms. The summed E-state index contributed by atoms with van der Waals surface area (Å²) in [6, 6.07) is 4.39. The van der Waals surface area contributed by atoms with Crippen LogP contribution in [0.3, 0.4) is 0 Å². The first-order valence-electron chi connectivity index (χ1n) is 5.93. The second kappa shape index (κ2) is 3.73. The molecule has 0 saturated heterocycles. The minimum Gasteiger partial charge on any atom is -0.395 e. The Labute approximate surface area is 105 Å². The highest BCUT2D eigenvalue weighted by Gasteiger charge is 2.61. The first kappa shape index (κ1) is 13.4. The maximum atomic E-state index is 12.9. The zero-order valence-corrected chi connectivity index (χ0v) is 10.7. The normalized spacial score (nSPS) is 26.2. The van der Waals surface area contributed by atoms with Gasteiger partial charge in [0.1, 0.15) is 0 Å². The molecule has 18 heavy (non-hydrogen) atoms. The molecule has 0 amide bonds. The van der Waals surface area contributed by atoms with E-state index in [-0.39, 0.29) is 17.6 Å². The number of halogens is 3. The van der Waals surface area contributed by atoms with Crippen molar-refractivity contribution in [1.29, 1.82) is 0 Å². The van der Waals surface area contributed by atoms with E-state index in [4.69, 9.17) is 0 Å². The summed E-state index contributed by atoms with van der Waals surface area (Å²) in [6.45, 7) is 5.28. The van der Waals surface area contributed by atoms with Crippen LogP contribution in [0.25, 0.3) is 0 Å². The quantitative estimate of drug-likeness (QED) is 0.858. The van der Waals surface area contributed by atoms with Gasteiger partial charge in [0.15, 0.2) is 0 Å². The van der Waals surface area contributed by atoms with Gasteiger partial charge in [-0.3, -0.25) is 0 Å². The van der Waals surface area contributed by atoms with E-state index >= 15 is 0 Å². The molecule has 1 unspecified atom stereocenters. The highest BCUT2D eigenvalue weighted by atomic mass is 19.4. The van der Waals surface area contributed by atoms with Crippen molar-refractivity contribution in [1.82, 2.24) is 0 Å². The van der Waals surface area contributed by atoms with Gasteiger partial charge < -0.3 is 5.11 Å². The molecule has 1 aliphatic carbocycles. The summed E-state index contributed by atoms with van der Waals surface area (Å²) < 4.78 is 38.6. The average molecular weight is 258 g/mol. The SMILES string of the molecule is Cc1ccc(C2(CO)CC2(C)C)cc1C(F)(F)F. The third-order valence-corrected chi connectivity index (χ3v) is 4.28. The van der Waals surface area contributed by atoms with Gasteiger partial charge in [0.05, 0.1) is 12.2 Å². The van der Waals surface area contributed by atoms with Crippen molar-refractivity contribution in [3.63, 3.8) is 0 Å². The Balaban J connectivity index is 2.49. The van der Waals surface area contributed by atoms with Gasteiger partial charge in [0.25, 0.3) is 0 Å². The Morgan fingerprint density at radius 3 is 2.22 bits per heavy atom. The highest BCUT2D eigenvalue weighted by molar-refractivity contribution is 5.43. The average Bonchev–Trinajstić information content (AvgIpc) is 2.81. The molecule has 4 heteroatoms. The van der Waals surface area contributed by atoms with Gasteiger partial charge in [-0.05, 0) is 36.0 Å². The Morgan fingerprint density at radius 2 is 1.83 bits per heavy atom. The molecule has 2 rings (SSSR count). The van der Waals surface area contributed by atoms with Gasteiger partial charge in [0, 0.05) is 5.41 Å². The van der Waals surface area contributed by atoms with E-state index in [9.17, 15) is 18.3 Å². The summed E-state index contributed by atoms with van der Waals surface area (Å²) in [4.78, 5) is 0. The standard InChI is InChI=1S/C14H17F3O/c1-9-4-5-10(6-11(9)14(15,16)17)13(8-18)7-12(13,2)3/h4-6,18H,7-8H2,1-3H3. The zero-order valence-electron chi connectivity index (χ0n) is 10.7. The fraction of sp³-hybridized carbons (Fsp3) is 0.571. The Morgan fingerprint density at radius 1 is 1.28 bits per heavy atom. The topological polar surface area (TPSA) is 20.2 Å². The van der Waals surface area contributed by atoms with Gasteiger partial charge in [-0.2, -0.15) is 13.2 Å². The van der Waals surface area contributed by atoms with Crippen molar-refractivity contribution < 1.29 is 18.3 Å². The predicted molar refractivity (Wildman–Crippen MR) is 63.3 cm³/mol. The summed E-state index contributed by atoms with van der Waals surface area (Å²) in [7, 11) is 0. The molecule has 0 aromatic heterocycles. The number of alkyl halides is 3. The minimum absolute atomic E-state index is 0.111. The largest absolute Gasteiger partial charge is 0.416 e. The summed E-state index contributed by atoms with van der Waals surface area (Å²) in [6.07, 6.45) is -3.62. The maximum absolute atomic E-state index is 12.9. The summed E-state index contributed by atoms with van der Waals surface area (Å²) in [5.41, 5.74) is -0.443. The summed E-state index contributed by atoms with van der Waals surface area (Å²) in [5, 5.41) is 9.53. The van der Waals surface area contributed by atoms with Gasteiger partial charge in [-0.1, -0.05) is 26.0 Å². The lowest BCUT2D eigenvalue weighted by Crippen LogP contribution is -2.20. The number of aryl methyl sites for hydroxylation is 1. The van der Waals surface area contributed by atoms with E-state index < -0.39 is 17.2 Å². The lowest BCUT2D eigenvalue weighted by Gasteiger charge is -2.21. The molecule has 1 N–H and O–H groups in total. The first-order chi connectivity index (χ1) is 8.14. The Bertz CT molecular complexity index is 476. The van der Waals surface area contributed by atoms with Crippen molar-refractivity contribution in [3.8, 4) is 0 Å². The van der Waals surface area contributed by atoms with E-state index in [0.29, 0.717) is 5.56 Å². The number of benzene rings is 1. The molecular weight excluding hydrogens is 241 g/mol. The molecule has 0 bridgehead atoms. The minimum atomic E-state index is -4.34. The second-order valence-corrected chi connectivity index (χ2v) is 5.83. The van der Waals surface area contributed by atoms with Crippen LogP contribution in [-0.4, -0.2) is 11.7 Å². The Hall–Kier alpha value is -1.03. The van der Waals surface area contributed by atoms with Crippen LogP contribution in [0.5, 0.6) is 0 Å². The van der Waals surface area contributed by atoms with Crippen molar-refractivity contribution in [3.05, 3.63) is 34.9 Å². The van der Waals surface area contributed by atoms with E-state index in [2.05, 4.69) is 0 Å². The summed E-state index contributed by atoms with van der Waals surface area (Å²) in [5.74, 6) is 0. The highest BCUT2D eigenvalue weighted by Crippen LogP contribution is 2.64. The molecule has 1 aromatic rings. The molecule has 1 aliphatic rings. The van der Waals surface area contributed by atoms with Gasteiger partial charge in [0.2, 0.25) is 0 Å². The van der Waals surface area contributed by atoms with Crippen LogP contribution in [0.4, 0.5) is 13.2 Å². The van der Waals surface area contributed by atoms with E-state index in [1.807, 2.05) is 13.8 Å². The van der Waals surface area contributed by atoms with Gasteiger partial charge >= 0.3 is 6.18 Å². The van der Waals surface area contributed by atoms with Crippen LogP contribution in [0.1, 0.15) is 37.0 Å². The third kappa shape index (κ3) is 1.83.